The summed E-state index contributed by atoms with van der Waals surface area (Å²) < 4.78 is 13.3. The van der Waals surface area contributed by atoms with Gasteiger partial charge in [-0.15, -0.1) is 0 Å². The molecule has 2 amide bonds. The maximum atomic E-state index is 13.8. The Morgan fingerprint density at radius 1 is 0.895 bits per heavy atom. The third-order valence-corrected chi connectivity index (χ3v) is 7.44. The molecule has 1 aliphatic heterocycles. The highest BCUT2D eigenvalue weighted by molar-refractivity contribution is 8.15. The molecule has 0 radical (unpaired) electrons. The van der Waals surface area contributed by atoms with Gasteiger partial charge in [0.2, 0.25) is 11.8 Å². The number of nitrogens with zero attached hydrogens (tertiary/aromatic N) is 2. The summed E-state index contributed by atoms with van der Waals surface area (Å²) in [5.74, 6) is -0.978. The Bertz CT molecular complexity index is 1410. The van der Waals surface area contributed by atoms with Crippen LogP contribution in [0.2, 0.25) is 5.02 Å². The molecule has 0 spiro atoms. The molecule has 1 atom stereocenters. The van der Waals surface area contributed by atoms with E-state index in [1.54, 1.807) is 29.2 Å². The largest absolute Gasteiger partial charge is 0.325 e. The zero-order chi connectivity index (χ0) is 26.5. The van der Waals surface area contributed by atoms with Crippen molar-refractivity contribution in [3.63, 3.8) is 0 Å². The molecular weight excluding hydrogens is 521 g/mol. The molecule has 1 heterocycles. The van der Waals surface area contributed by atoms with Crippen molar-refractivity contribution < 1.29 is 14.0 Å². The van der Waals surface area contributed by atoms with E-state index in [9.17, 15) is 14.0 Å². The summed E-state index contributed by atoms with van der Waals surface area (Å²) in [6, 6.07) is 31.5. The number of hydrogen-bond acceptors (Lipinski definition) is 4. The van der Waals surface area contributed by atoms with E-state index >= 15 is 0 Å². The predicted molar refractivity (Wildman–Crippen MR) is 151 cm³/mol. The van der Waals surface area contributed by atoms with Gasteiger partial charge in [0, 0.05) is 17.1 Å². The van der Waals surface area contributed by atoms with Gasteiger partial charge in [0.1, 0.15) is 11.1 Å². The van der Waals surface area contributed by atoms with E-state index in [-0.39, 0.29) is 18.2 Å². The Morgan fingerprint density at radius 3 is 2.05 bits per heavy atom. The maximum absolute atomic E-state index is 13.8. The summed E-state index contributed by atoms with van der Waals surface area (Å²) in [5.41, 5.74) is 2.90. The summed E-state index contributed by atoms with van der Waals surface area (Å²) >= 11 is 7.30. The maximum Gasteiger partial charge on any atom is 0.238 e. The van der Waals surface area contributed by atoms with Gasteiger partial charge in [-0.3, -0.25) is 14.5 Å². The zero-order valence-corrected chi connectivity index (χ0v) is 21.7. The van der Waals surface area contributed by atoms with Crippen LogP contribution in [0.5, 0.6) is 0 Å². The van der Waals surface area contributed by atoms with Crippen LogP contribution in [0.15, 0.2) is 114 Å². The van der Waals surface area contributed by atoms with Crippen LogP contribution in [-0.2, 0) is 9.59 Å². The number of amidine groups is 1. The molecule has 190 valence electrons. The second kappa shape index (κ2) is 11.6. The Kier molecular flexibility index (Phi) is 7.86. The first-order chi connectivity index (χ1) is 18.5. The fourth-order valence-corrected chi connectivity index (χ4v) is 5.46. The molecule has 4 aromatic carbocycles. The standard InChI is InChI=1S/C30H23ClFN3O2S/c31-22-11-15-25(16-12-22)34-30-35(28(20-7-3-1-4-8-20)21-9-5-2-6-10-21)27(36)19-26(38-30)29(37)33-24-17-13-23(32)14-18-24/h1-18,26,28H,19H2,(H,33,37). The predicted octanol–water partition coefficient (Wildman–Crippen LogP) is 7.23. The fourth-order valence-electron chi connectivity index (χ4n) is 4.21. The summed E-state index contributed by atoms with van der Waals surface area (Å²) in [6.45, 7) is 0. The summed E-state index contributed by atoms with van der Waals surface area (Å²) in [6.07, 6.45) is -0.0203. The van der Waals surface area contributed by atoms with E-state index in [0.29, 0.717) is 21.6 Å². The van der Waals surface area contributed by atoms with Gasteiger partial charge in [-0.2, -0.15) is 0 Å². The normalized spacial score (nSPS) is 16.6. The number of halogens is 2. The molecular formula is C30H23ClFN3O2S. The molecule has 1 N–H and O–H groups in total. The molecule has 0 saturated carbocycles. The van der Waals surface area contributed by atoms with Crippen molar-refractivity contribution in [1.82, 2.24) is 4.90 Å². The van der Waals surface area contributed by atoms with E-state index in [0.717, 1.165) is 11.1 Å². The van der Waals surface area contributed by atoms with E-state index in [2.05, 4.69) is 5.32 Å². The molecule has 38 heavy (non-hydrogen) atoms. The molecule has 4 aromatic rings. The topological polar surface area (TPSA) is 61.8 Å². The minimum atomic E-state index is -0.720. The average molecular weight is 544 g/mol. The molecule has 1 saturated heterocycles. The van der Waals surface area contributed by atoms with E-state index in [1.165, 1.54) is 36.0 Å². The van der Waals surface area contributed by atoms with Crippen molar-refractivity contribution in [3.05, 3.63) is 131 Å². The SMILES string of the molecule is O=C(Nc1ccc(F)cc1)C1CC(=O)N(C(c2ccccc2)c2ccccc2)C(=Nc2ccc(Cl)cc2)S1. The van der Waals surface area contributed by atoms with Crippen LogP contribution >= 0.6 is 23.4 Å². The number of thioether (sulfide) groups is 1. The quantitative estimate of drug-likeness (QED) is 0.279. The van der Waals surface area contributed by atoms with Gasteiger partial charge in [-0.25, -0.2) is 9.38 Å². The minimum absolute atomic E-state index is 0.0203. The van der Waals surface area contributed by atoms with Gasteiger partial charge in [0.05, 0.1) is 11.7 Å². The molecule has 5 nitrogen and oxygen atoms in total. The lowest BCUT2D eigenvalue weighted by Gasteiger charge is -2.38. The first-order valence-electron chi connectivity index (χ1n) is 12.0. The van der Waals surface area contributed by atoms with Crippen molar-refractivity contribution in [1.29, 1.82) is 0 Å². The van der Waals surface area contributed by atoms with E-state index in [4.69, 9.17) is 16.6 Å². The molecule has 1 unspecified atom stereocenters. The monoisotopic (exact) mass is 543 g/mol. The van der Waals surface area contributed by atoms with Gasteiger partial charge in [0.15, 0.2) is 5.17 Å². The van der Waals surface area contributed by atoms with Crippen LogP contribution in [0.25, 0.3) is 0 Å². The summed E-state index contributed by atoms with van der Waals surface area (Å²) in [5, 5.41) is 3.04. The number of nitrogens with one attached hydrogen (secondary N) is 1. The smallest absolute Gasteiger partial charge is 0.238 e. The average Bonchev–Trinajstić information content (AvgIpc) is 2.94. The van der Waals surface area contributed by atoms with Crippen LogP contribution in [0.1, 0.15) is 23.6 Å². The summed E-state index contributed by atoms with van der Waals surface area (Å²) in [4.78, 5) is 33.5. The Morgan fingerprint density at radius 2 is 1.47 bits per heavy atom. The highest BCUT2D eigenvalue weighted by Gasteiger charge is 2.40. The molecule has 1 aliphatic rings. The second-order valence-electron chi connectivity index (χ2n) is 8.67. The number of hydrogen-bond donors (Lipinski definition) is 1. The van der Waals surface area contributed by atoms with Gasteiger partial charge in [-0.1, -0.05) is 84.0 Å². The Hall–Kier alpha value is -3.94. The second-order valence-corrected chi connectivity index (χ2v) is 10.3. The molecule has 8 heteroatoms. The van der Waals surface area contributed by atoms with Crippen molar-refractivity contribution >= 4 is 51.7 Å². The van der Waals surface area contributed by atoms with Crippen molar-refractivity contribution in [2.24, 2.45) is 4.99 Å². The minimum Gasteiger partial charge on any atom is -0.325 e. The van der Waals surface area contributed by atoms with Crippen molar-refractivity contribution in [2.45, 2.75) is 17.7 Å². The number of carbonyl (C=O) groups is 2. The summed E-state index contributed by atoms with van der Waals surface area (Å²) in [7, 11) is 0. The van der Waals surface area contributed by atoms with Crippen molar-refractivity contribution in [2.75, 3.05) is 5.32 Å². The van der Waals surface area contributed by atoms with Gasteiger partial charge in [-0.05, 0) is 59.7 Å². The number of benzene rings is 4. The molecule has 1 fully saturated rings. The van der Waals surface area contributed by atoms with Gasteiger partial charge >= 0.3 is 0 Å². The van der Waals surface area contributed by atoms with Crippen molar-refractivity contribution in [3.8, 4) is 0 Å². The van der Waals surface area contributed by atoms with E-state index in [1.807, 2.05) is 60.7 Å². The van der Waals surface area contributed by atoms with Crippen LogP contribution in [0, 0.1) is 5.82 Å². The highest BCUT2D eigenvalue weighted by Crippen LogP contribution is 2.38. The van der Waals surface area contributed by atoms with Crippen LogP contribution < -0.4 is 5.32 Å². The van der Waals surface area contributed by atoms with Gasteiger partial charge < -0.3 is 5.32 Å². The number of amides is 2. The van der Waals surface area contributed by atoms with Crippen LogP contribution in [0.3, 0.4) is 0 Å². The lowest BCUT2D eigenvalue weighted by atomic mass is 9.97. The third kappa shape index (κ3) is 5.96. The van der Waals surface area contributed by atoms with Crippen LogP contribution in [-0.4, -0.2) is 27.1 Å². The lowest BCUT2D eigenvalue weighted by Crippen LogP contribution is -2.47. The number of carbonyl (C=O) groups excluding carboxylic acids is 2. The molecule has 0 aromatic heterocycles. The third-order valence-electron chi connectivity index (χ3n) is 6.03. The molecule has 5 rings (SSSR count). The van der Waals surface area contributed by atoms with Crippen LogP contribution in [0.4, 0.5) is 15.8 Å². The first-order valence-corrected chi connectivity index (χ1v) is 13.2. The molecule has 0 aliphatic carbocycles. The number of aliphatic imine (C=N–C) groups is 1. The fraction of sp³-hybridized carbons (Fsp3) is 0.100. The highest BCUT2D eigenvalue weighted by atomic mass is 35.5. The zero-order valence-electron chi connectivity index (χ0n) is 20.1. The molecule has 0 bridgehead atoms. The Labute approximate surface area is 229 Å². The number of anilines is 1. The Balaban J connectivity index is 1.54. The lowest BCUT2D eigenvalue weighted by molar-refractivity contribution is -0.130. The van der Waals surface area contributed by atoms with E-state index < -0.39 is 17.1 Å². The first kappa shape index (κ1) is 25.7. The number of rotatable bonds is 6. The van der Waals surface area contributed by atoms with Gasteiger partial charge in [0.25, 0.3) is 0 Å².